The Morgan fingerprint density at radius 1 is 0.657 bits per heavy atom. The van der Waals surface area contributed by atoms with Crippen LogP contribution in [0.25, 0.3) is 0 Å². The summed E-state index contributed by atoms with van der Waals surface area (Å²) in [6.45, 7) is 16.7. The zero-order chi connectivity index (χ0) is 73.7. The molecule has 0 unspecified atom stereocenters. The average Bonchev–Trinajstić information content (AvgIpc) is 1.24. The summed E-state index contributed by atoms with van der Waals surface area (Å²) in [5, 5.41) is 7.97. The Labute approximate surface area is 588 Å². The molecular weight excluding hydrogens is 1310 g/mol. The van der Waals surface area contributed by atoms with E-state index in [9.17, 15) is 56.3 Å². The molecule has 0 aromatic heterocycles. The number of alkyl halides is 3. The Morgan fingerprint density at radius 3 is 1.88 bits per heavy atom. The molecule has 0 bridgehead atoms. The van der Waals surface area contributed by atoms with Gasteiger partial charge < -0.3 is 59.9 Å². The number of ether oxygens (including phenoxy) is 1. The van der Waals surface area contributed by atoms with E-state index in [1.54, 1.807) is 20.8 Å². The highest BCUT2D eigenvalue weighted by molar-refractivity contribution is 6.31. The monoisotopic (exact) mass is 1420 g/mol. The van der Waals surface area contributed by atoms with Gasteiger partial charge in [-0.25, -0.2) is 0 Å². The molecule has 4 heterocycles. The van der Waals surface area contributed by atoms with Gasteiger partial charge in [0, 0.05) is 74.9 Å². The summed E-state index contributed by atoms with van der Waals surface area (Å²) in [4.78, 5) is 176. The zero-order valence-electron chi connectivity index (χ0n) is 61.1. The zero-order valence-corrected chi connectivity index (χ0v) is 61.9. The molecule has 24 nitrogen and oxygen atoms in total. The summed E-state index contributed by atoms with van der Waals surface area (Å²) in [5.74, 6) is -8.00. The lowest BCUT2D eigenvalue weighted by molar-refractivity contribution is -0.160. The molecular formula is C71H112ClF3N12O12. The molecule has 1 aromatic carbocycles. The second-order valence-corrected chi connectivity index (χ2v) is 30.2. The molecule has 1 aromatic rings. The number of nitrogens with one attached hydrogen (secondary N) is 3. The van der Waals surface area contributed by atoms with Crippen molar-refractivity contribution in [2.45, 2.75) is 238 Å². The largest absolute Gasteiger partial charge is 0.417 e. The van der Waals surface area contributed by atoms with Crippen molar-refractivity contribution < 1.29 is 70.6 Å². The molecule has 5 aliphatic rings. The number of benzene rings is 1. The topological polar surface area (TPSA) is 262 Å². The maximum atomic E-state index is 15.2. The first-order chi connectivity index (χ1) is 46.4. The van der Waals surface area contributed by atoms with Crippen LogP contribution in [0.4, 0.5) is 13.2 Å². The lowest BCUT2D eigenvalue weighted by Gasteiger charge is -2.45. The molecule has 4 saturated heterocycles. The molecule has 4 aliphatic heterocycles. The number of hydrogen-bond acceptors (Lipinski definition) is 13. The molecule has 0 spiro atoms. The summed E-state index contributed by atoms with van der Waals surface area (Å²) >= 11 is 6.14. The minimum absolute atomic E-state index is 0.0286. The number of likely N-dealkylation sites (N-methyl/N-ethyl adjacent to an activating group) is 6. The van der Waals surface area contributed by atoms with Crippen LogP contribution in [-0.4, -0.2) is 257 Å². The van der Waals surface area contributed by atoms with Gasteiger partial charge in [-0.2, -0.15) is 13.2 Å². The third-order valence-corrected chi connectivity index (χ3v) is 21.4. The minimum Gasteiger partial charge on any atom is -0.364 e. The van der Waals surface area contributed by atoms with Gasteiger partial charge in [-0.1, -0.05) is 104 Å². The Kier molecular flexibility index (Phi) is 29.4. The van der Waals surface area contributed by atoms with Gasteiger partial charge in [-0.3, -0.25) is 57.6 Å². The third-order valence-electron chi connectivity index (χ3n) is 21.1. The smallest absolute Gasteiger partial charge is 0.364 e. The Hall–Kier alpha value is -6.61. The Morgan fingerprint density at radius 2 is 1.29 bits per heavy atom. The quantitative estimate of drug-likeness (QED) is 0.195. The molecule has 1 saturated carbocycles. The fourth-order valence-electron chi connectivity index (χ4n) is 14.4. The summed E-state index contributed by atoms with van der Waals surface area (Å²) in [5.41, 5.74) is -2.50. The predicted molar refractivity (Wildman–Crippen MR) is 368 cm³/mol. The first-order valence-electron chi connectivity index (χ1n) is 35.7. The fraction of sp³-hybridized carbons (Fsp3) is 0.761. The van der Waals surface area contributed by atoms with Crippen LogP contribution in [0.1, 0.15) is 176 Å². The lowest BCUT2D eigenvalue weighted by Crippen LogP contribution is -2.65. The molecule has 5 fully saturated rings. The Bertz CT molecular complexity index is 3040. The van der Waals surface area contributed by atoms with Crippen molar-refractivity contribution in [2.24, 2.45) is 23.7 Å². The van der Waals surface area contributed by atoms with Gasteiger partial charge in [-0.15, -0.1) is 0 Å². The van der Waals surface area contributed by atoms with Crippen molar-refractivity contribution in [3.8, 4) is 0 Å². The number of amides is 11. The maximum Gasteiger partial charge on any atom is 0.417 e. The van der Waals surface area contributed by atoms with Crippen molar-refractivity contribution >= 4 is 76.6 Å². The molecule has 6 rings (SSSR count). The van der Waals surface area contributed by atoms with Gasteiger partial charge in [0.1, 0.15) is 53.9 Å². The van der Waals surface area contributed by atoms with E-state index in [0.29, 0.717) is 18.4 Å². The van der Waals surface area contributed by atoms with E-state index in [2.05, 4.69) is 20.9 Å². The number of rotatable bonds is 14. The number of fused-ring (bicyclic) bond motifs is 2. The number of carbonyl (C=O) groups excluding carboxylic acids is 11. The van der Waals surface area contributed by atoms with E-state index >= 15 is 9.59 Å². The lowest BCUT2D eigenvalue weighted by atomic mass is 9.84. The molecule has 1 aliphatic carbocycles. The van der Waals surface area contributed by atoms with Gasteiger partial charge in [-0.05, 0) is 120 Å². The molecule has 11 amide bonds. The van der Waals surface area contributed by atoms with Crippen molar-refractivity contribution in [1.82, 2.24) is 60.0 Å². The van der Waals surface area contributed by atoms with Gasteiger partial charge in [0.25, 0.3) is 0 Å². The fourth-order valence-corrected chi connectivity index (χ4v) is 14.7. The maximum absolute atomic E-state index is 15.2. The normalized spacial score (nSPS) is 27.5. The molecule has 556 valence electrons. The van der Waals surface area contributed by atoms with Crippen molar-refractivity contribution in [1.29, 1.82) is 0 Å². The summed E-state index contributed by atoms with van der Waals surface area (Å²) in [7, 11) is 8.79. The number of likely N-dealkylation sites (tertiary alicyclic amines) is 1. The van der Waals surface area contributed by atoms with Crippen molar-refractivity contribution in [3.05, 3.63) is 34.3 Å². The van der Waals surface area contributed by atoms with E-state index in [1.165, 1.54) is 103 Å². The highest BCUT2D eigenvalue weighted by Gasteiger charge is 2.48. The van der Waals surface area contributed by atoms with Crippen LogP contribution >= 0.6 is 11.6 Å². The first kappa shape index (κ1) is 81.4. The van der Waals surface area contributed by atoms with E-state index in [-0.39, 0.29) is 83.2 Å². The second kappa shape index (κ2) is 35.8. The number of piperidine rings is 1. The SMILES string of the molecule is CC[C@H](C)[C@@H]1NC(=O)[C@H](CC(C)C)N(C)C(=O)C[C@@H](COCN2CCCCC2)N(C)C(=O)[C@H](C(C)C)N(C)C(=O)C(C)(C)NC(=O)[C@@H]2CCCN2C(=O)[C@H](CCc2ccc(C(F)(F)F)c(Cl)c2)NC(=O)CN(C)C(=O)[C@H](CC2CCCCC2)N(C)C(=O)[C@@H]2CCN2C(=O)[C@H](C)N(C)C1=O. The third kappa shape index (κ3) is 20.8. The van der Waals surface area contributed by atoms with Crippen LogP contribution < -0.4 is 16.0 Å². The van der Waals surface area contributed by atoms with Gasteiger partial charge >= 0.3 is 6.18 Å². The summed E-state index contributed by atoms with van der Waals surface area (Å²) < 4.78 is 47.8. The van der Waals surface area contributed by atoms with Crippen molar-refractivity contribution in [3.63, 3.8) is 0 Å². The number of hydrogen-bond donors (Lipinski definition) is 3. The van der Waals surface area contributed by atoms with Crippen LogP contribution in [-0.2, 0) is 70.1 Å². The van der Waals surface area contributed by atoms with Crippen molar-refractivity contribution in [2.75, 3.05) is 88.3 Å². The molecule has 99 heavy (non-hydrogen) atoms. The Balaban J connectivity index is 1.40. The molecule has 0 radical (unpaired) electrons. The highest BCUT2D eigenvalue weighted by Crippen LogP contribution is 2.36. The molecule has 28 heteroatoms. The summed E-state index contributed by atoms with van der Waals surface area (Å²) in [6.07, 6.45) is 3.61. The van der Waals surface area contributed by atoms with Crippen LogP contribution in [0, 0.1) is 23.7 Å². The highest BCUT2D eigenvalue weighted by atomic mass is 35.5. The van der Waals surface area contributed by atoms with E-state index < -0.39 is 160 Å². The van der Waals surface area contributed by atoms with Gasteiger partial charge in [0.05, 0.1) is 36.5 Å². The van der Waals surface area contributed by atoms with Crippen LogP contribution in [0.5, 0.6) is 0 Å². The minimum atomic E-state index is -4.75. The molecule has 3 N–H and O–H groups in total. The van der Waals surface area contributed by atoms with Crippen LogP contribution in [0.3, 0.4) is 0 Å². The second-order valence-electron chi connectivity index (χ2n) is 29.7. The van der Waals surface area contributed by atoms with Crippen LogP contribution in [0.2, 0.25) is 5.02 Å². The summed E-state index contributed by atoms with van der Waals surface area (Å²) in [6, 6.07) is -7.13. The predicted octanol–water partition coefficient (Wildman–Crippen LogP) is 5.94. The number of aryl methyl sites for hydroxylation is 1. The molecule has 10 atom stereocenters. The van der Waals surface area contributed by atoms with Crippen LogP contribution in [0.15, 0.2) is 18.2 Å². The number of nitrogens with zero attached hydrogens (tertiary/aromatic N) is 9. The van der Waals surface area contributed by atoms with Gasteiger partial charge in [0.15, 0.2) is 0 Å². The van der Waals surface area contributed by atoms with Gasteiger partial charge in [0.2, 0.25) is 65.0 Å². The van der Waals surface area contributed by atoms with E-state index in [0.717, 1.165) is 81.5 Å². The van der Waals surface area contributed by atoms with E-state index in [4.69, 9.17) is 16.3 Å². The number of halogens is 4. The van der Waals surface area contributed by atoms with E-state index in [1.807, 2.05) is 20.8 Å². The average molecular weight is 1420 g/mol. The first-order valence-corrected chi connectivity index (χ1v) is 36.1. The standard InChI is InChI=1S/C71H112ClF3N12O12/c1-16-45(6)59-67(96)80(11)46(7)63(92)87-35-31-54(87)66(95)83(14)56(38-47-24-19-17-20-25-47)65(94)79(10)40-57(88)76-52(30-28-48-27-29-50(51(72)37-48)71(73,74)75)64(93)86-34-23-26-53(86)62(91)78-70(8,9)69(98)84(15)60(44(4)5)68(97)81(12)49(41-99-42-85-32-21-18-22-33-85)39-58(89)82(13)55(36-43(2)3)61(90)77-59/h27,29,37,43-47,49,52-56,59-60H,16-26,28,30-36,38-42H2,1-15H3,(H,76,88)(H,77,90)(H,78,91)/t45-,46-,49-,52-,53-,54-,55-,56-,59-,60-/m0/s1. The number of carbonyl (C=O) groups is 11.